The first-order valence-electron chi connectivity index (χ1n) is 4.85. The zero-order valence-corrected chi connectivity index (χ0v) is 10.3. The average Bonchev–Trinajstić information content (AvgIpc) is 2.35. The summed E-state index contributed by atoms with van der Waals surface area (Å²) in [7, 11) is 0. The van der Waals surface area contributed by atoms with Crippen molar-refractivity contribution in [3.8, 4) is 0 Å². The first-order chi connectivity index (χ1) is 9.17. The Morgan fingerprint density at radius 3 is 0.800 bits per heavy atom. The highest BCUT2D eigenvalue weighted by Crippen LogP contribution is 1.71. The van der Waals surface area contributed by atoms with Gasteiger partial charge in [-0.05, 0) is 0 Å². The van der Waals surface area contributed by atoms with Crippen molar-refractivity contribution in [2.24, 2.45) is 11.5 Å². The summed E-state index contributed by atoms with van der Waals surface area (Å²) in [6.07, 6.45) is 2.23. The molecule has 0 amide bonds. The first-order valence-corrected chi connectivity index (χ1v) is 4.85. The molecule has 0 bridgehead atoms. The summed E-state index contributed by atoms with van der Waals surface area (Å²) in [4.78, 5) is 38.2. The second-order valence-electron chi connectivity index (χ2n) is 2.60. The molecule has 0 unspecified atom stereocenters. The van der Waals surface area contributed by atoms with Crippen LogP contribution in [-0.2, 0) is 19.2 Å². The molecule has 10 nitrogen and oxygen atoms in total. The van der Waals surface area contributed by atoms with Gasteiger partial charge in [0.15, 0.2) is 0 Å². The number of aliphatic carboxylic acids is 4. The molecule has 8 N–H and O–H groups in total. The second-order valence-corrected chi connectivity index (χ2v) is 2.60. The third kappa shape index (κ3) is 45.4. The van der Waals surface area contributed by atoms with Gasteiger partial charge in [0.05, 0.1) is 0 Å². The molecule has 10 heteroatoms. The molecule has 0 aliphatic carbocycles. The molecule has 20 heavy (non-hydrogen) atoms. The quantitative estimate of drug-likeness (QED) is 0.318. The summed E-state index contributed by atoms with van der Waals surface area (Å²) in [5.74, 6) is -5.03. The van der Waals surface area contributed by atoms with Gasteiger partial charge in [0.1, 0.15) is 0 Å². The summed E-state index contributed by atoms with van der Waals surface area (Å²) < 4.78 is 0. The van der Waals surface area contributed by atoms with Crippen molar-refractivity contribution in [3.63, 3.8) is 0 Å². The molecule has 0 saturated carbocycles. The smallest absolute Gasteiger partial charge is 0.328 e. The van der Waals surface area contributed by atoms with E-state index < -0.39 is 23.9 Å². The standard InChI is InChI=1S/2C4H4O4.C2H8N2/c2*5-3(6)1-2-4(7)8;3-1-2-4/h2*1-2H,(H,5,6)(H,7,8);1-4H2. The maximum absolute atomic E-state index is 9.55. The van der Waals surface area contributed by atoms with E-state index in [4.69, 9.17) is 31.9 Å². The van der Waals surface area contributed by atoms with E-state index in [2.05, 4.69) is 0 Å². The SMILES string of the molecule is NCCN.O=C(O)C=CC(=O)O.O=C(O)C=CC(=O)O. The Balaban J connectivity index is -0.000000230. The van der Waals surface area contributed by atoms with Gasteiger partial charge < -0.3 is 31.9 Å². The molecule has 0 saturated heterocycles. The lowest BCUT2D eigenvalue weighted by molar-refractivity contribution is -0.134. The van der Waals surface area contributed by atoms with Gasteiger partial charge in [0.25, 0.3) is 0 Å². The number of nitrogens with two attached hydrogens (primary N) is 2. The maximum atomic E-state index is 9.55. The van der Waals surface area contributed by atoms with Crippen LogP contribution < -0.4 is 11.5 Å². The summed E-state index contributed by atoms with van der Waals surface area (Å²) in [6, 6.07) is 0. The molecule has 0 aromatic rings. The van der Waals surface area contributed by atoms with Crippen LogP contribution in [0.25, 0.3) is 0 Å². The molecule has 0 atom stereocenters. The number of carboxylic acids is 4. The Kier molecular flexibility index (Phi) is 18.3. The fourth-order valence-corrected chi connectivity index (χ4v) is 0.285. The largest absolute Gasteiger partial charge is 0.478 e. The molecular weight excluding hydrogens is 276 g/mol. The molecule has 0 spiro atoms. The minimum atomic E-state index is -1.26. The van der Waals surface area contributed by atoms with Gasteiger partial charge in [-0.2, -0.15) is 0 Å². The van der Waals surface area contributed by atoms with Crippen LogP contribution in [0, 0.1) is 0 Å². The van der Waals surface area contributed by atoms with Crippen molar-refractivity contribution < 1.29 is 39.6 Å². The van der Waals surface area contributed by atoms with Gasteiger partial charge in [0.2, 0.25) is 0 Å². The first kappa shape index (κ1) is 22.5. The van der Waals surface area contributed by atoms with E-state index in [1.807, 2.05) is 0 Å². The average molecular weight is 292 g/mol. The predicted octanol–water partition coefficient (Wildman–Crippen LogP) is -1.67. The Morgan fingerprint density at radius 2 is 0.750 bits per heavy atom. The van der Waals surface area contributed by atoms with E-state index in [9.17, 15) is 19.2 Å². The third-order valence-electron chi connectivity index (χ3n) is 0.904. The van der Waals surface area contributed by atoms with E-state index in [0.29, 0.717) is 37.4 Å². The summed E-state index contributed by atoms with van der Waals surface area (Å²) in [6.45, 7) is 1.19. The number of rotatable bonds is 5. The van der Waals surface area contributed by atoms with Crippen molar-refractivity contribution in [1.82, 2.24) is 0 Å². The van der Waals surface area contributed by atoms with Crippen LogP contribution in [-0.4, -0.2) is 57.4 Å². The minimum absolute atomic E-state index is 0.558. The normalized spacial score (nSPS) is 9.10. The Labute approximate surface area is 113 Å². The second kappa shape index (κ2) is 16.3. The zero-order chi connectivity index (χ0) is 16.6. The third-order valence-corrected chi connectivity index (χ3v) is 0.904. The van der Waals surface area contributed by atoms with E-state index in [-0.39, 0.29) is 0 Å². The lowest BCUT2D eigenvalue weighted by atomic mass is 10.5. The van der Waals surface area contributed by atoms with Gasteiger partial charge in [-0.25, -0.2) is 19.2 Å². The van der Waals surface area contributed by atoms with Crippen molar-refractivity contribution in [2.75, 3.05) is 13.1 Å². The Morgan fingerprint density at radius 1 is 0.600 bits per heavy atom. The highest BCUT2D eigenvalue weighted by atomic mass is 16.4. The number of carboxylic acid groups (broad SMARTS) is 4. The van der Waals surface area contributed by atoms with Crippen LogP contribution in [0.2, 0.25) is 0 Å². The van der Waals surface area contributed by atoms with Crippen LogP contribution in [0.3, 0.4) is 0 Å². The number of hydrogen-bond donors (Lipinski definition) is 6. The maximum Gasteiger partial charge on any atom is 0.328 e. The summed E-state index contributed by atoms with van der Waals surface area (Å²) in [5, 5.41) is 31.2. The zero-order valence-electron chi connectivity index (χ0n) is 10.3. The highest BCUT2D eigenvalue weighted by Gasteiger charge is 1.88. The fourth-order valence-electron chi connectivity index (χ4n) is 0.285. The molecular formula is C10H16N2O8. The van der Waals surface area contributed by atoms with E-state index in [1.54, 1.807) is 0 Å². The van der Waals surface area contributed by atoms with Crippen molar-refractivity contribution in [3.05, 3.63) is 24.3 Å². The van der Waals surface area contributed by atoms with Crippen LogP contribution in [0.15, 0.2) is 24.3 Å². The van der Waals surface area contributed by atoms with E-state index in [0.717, 1.165) is 0 Å². The molecule has 0 radical (unpaired) electrons. The van der Waals surface area contributed by atoms with Gasteiger partial charge in [-0.3, -0.25) is 0 Å². The molecule has 114 valence electrons. The Bertz CT molecular complexity index is 307. The van der Waals surface area contributed by atoms with Crippen LogP contribution in [0.4, 0.5) is 0 Å². The van der Waals surface area contributed by atoms with E-state index in [1.165, 1.54) is 0 Å². The van der Waals surface area contributed by atoms with Crippen LogP contribution in [0.5, 0.6) is 0 Å². The van der Waals surface area contributed by atoms with Gasteiger partial charge >= 0.3 is 23.9 Å². The van der Waals surface area contributed by atoms with Gasteiger partial charge in [-0.1, -0.05) is 0 Å². The minimum Gasteiger partial charge on any atom is -0.478 e. The molecule has 0 aromatic carbocycles. The number of carbonyl (C=O) groups is 4. The highest BCUT2D eigenvalue weighted by molar-refractivity contribution is 5.90. The fraction of sp³-hybridized carbons (Fsp3) is 0.200. The van der Waals surface area contributed by atoms with Crippen molar-refractivity contribution in [1.29, 1.82) is 0 Å². The topological polar surface area (TPSA) is 201 Å². The molecule has 0 aromatic heterocycles. The van der Waals surface area contributed by atoms with E-state index >= 15 is 0 Å². The van der Waals surface area contributed by atoms with Crippen molar-refractivity contribution >= 4 is 23.9 Å². The van der Waals surface area contributed by atoms with Crippen molar-refractivity contribution in [2.45, 2.75) is 0 Å². The molecule has 0 heterocycles. The summed E-state index contributed by atoms with van der Waals surface area (Å²) in [5.41, 5.74) is 9.81. The van der Waals surface area contributed by atoms with Gasteiger partial charge in [-0.15, -0.1) is 0 Å². The summed E-state index contributed by atoms with van der Waals surface area (Å²) >= 11 is 0. The monoisotopic (exact) mass is 292 g/mol. The van der Waals surface area contributed by atoms with Crippen LogP contribution in [0.1, 0.15) is 0 Å². The number of hydrogen-bond acceptors (Lipinski definition) is 6. The lowest BCUT2D eigenvalue weighted by Gasteiger charge is -1.74. The van der Waals surface area contributed by atoms with Gasteiger partial charge in [0, 0.05) is 37.4 Å². The predicted molar refractivity (Wildman–Crippen MR) is 66.9 cm³/mol. The van der Waals surface area contributed by atoms with Crippen LogP contribution >= 0.6 is 0 Å². The molecule has 0 aliphatic rings. The molecule has 0 aliphatic heterocycles. The molecule has 0 fully saturated rings. The Hall–Kier alpha value is -2.72. The lowest BCUT2D eigenvalue weighted by Crippen LogP contribution is -2.11. The molecule has 0 rings (SSSR count).